The molecule has 0 aliphatic heterocycles. The lowest BCUT2D eigenvalue weighted by molar-refractivity contribution is -0.145. The van der Waals surface area contributed by atoms with Crippen molar-refractivity contribution in [2.75, 3.05) is 5.32 Å². The van der Waals surface area contributed by atoms with Gasteiger partial charge in [0.15, 0.2) is 0 Å². The summed E-state index contributed by atoms with van der Waals surface area (Å²) >= 11 is 8.24. The molecule has 1 amide bonds. The fourth-order valence-corrected chi connectivity index (χ4v) is 3.76. The van der Waals surface area contributed by atoms with Crippen LogP contribution < -0.4 is 5.32 Å². The monoisotopic (exact) mass is 421 g/mol. The van der Waals surface area contributed by atoms with Crippen LogP contribution in [0.3, 0.4) is 0 Å². The third kappa shape index (κ3) is 3.88. The molecule has 6 heteroatoms. The number of anilines is 1. The Morgan fingerprint density at radius 1 is 1.38 bits per heavy atom. The van der Waals surface area contributed by atoms with Crippen LogP contribution in [0.15, 0.2) is 18.2 Å². The van der Waals surface area contributed by atoms with Crippen LogP contribution in [0.1, 0.15) is 26.2 Å². The topological polar surface area (TPSA) is 66.4 Å². The second-order valence-electron chi connectivity index (χ2n) is 5.41. The highest BCUT2D eigenvalue weighted by Crippen LogP contribution is 2.39. The SMILES string of the molecule is CCC1C[C@H](C(=O)Nc2ccc(I)cc2Cl)[C@H](C(=O)O)C1. The molecular formula is C15H17ClINO3. The summed E-state index contributed by atoms with van der Waals surface area (Å²) in [6.45, 7) is 2.03. The average molecular weight is 422 g/mol. The molecule has 1 fully saturated rings. The molecule has 0 spiro atoms. The van der Waals surface area contributed by atoms with Crippen LogP contribution in [0, 0.1) is 21.3 Å². The van der Waals surface area contributed by atoms with Crippen molar-refractivity contribution >= 4 is 51.8 Å². The molecule has 4 nitrogen and oxygen atoms in total. The molecule has 3 atom stereocenters. The first-order valence-corrected chi connectivity index (χ1v) is 8.36. The lowest BCUT2D eigenvalue weighted by Crippen LogP contribution is -2.30. The van der Waals surface area contributed by atoms with Gasteiger partial charge >= 0.3 is 5.97 Å². The highest BCUT2D eigenvalue weighted by Gasteiger charge is 2.42. The van der Waals surface area contributed by atoms with Crippen molar-refractivity contribution in [2.45, 2.75) is 26.2 Å². The van der Waals surface area contributed by atoms with Gasteiger partial charge in [-0.1, -0.05) is 24.9 Å². The summed E-state index contributed by atoms with van der Waals surface area (Å²) in [5.74, 6) is -1.92. The molecule has 1 saturated carbocycles. The molecule has 21 heavy (non-hydrogen) atoms. The van der Waals surface area contributed by atoms with Crippen LogP contribution in [0.5, 0.6) is 0 Å². The van der Waals surface area contributed by atoms with E-state index >= 15 is 0 Å². The quantitative estimate of drug-likeness (QED) is 0.722. The van der Waals surface area contributed by atoms with E-state index in [1.807, 2.05) is 13.0 Å². The minimum absolute atomic E-state index is 0.249. The van der Waals surface area contributed by atoms with Crippen LogP contribution in [-0.4, -0.2) is 17.0 Å². The van der Waals surface area contributed by atoms with E-state index in [2.05, 4.69) is 27.9 Å². The fourth-order valence-electron chi connectivity index (χ4n) is 2.86. The summed E-state index contributed by atoms with van der Waals surface area (Å²) in [5, 5.41) is 12.5. The molecule has 1 unspecified atom stereocenters. The number of hydrogen-bond acceptors (Lipinski definition) is 2. The zero-order valence-corrected chi connectivity index (χ0v) is 14.5. The Morgan fingerprint density at radius 2 is 2.05 bits per heavy atom. The van der Waals surface area contributed by atoms with Gasteiger partial charge in [-0.2, -0.15) is 0 Å². The van der Waals surface area contributed by atoms with Crippen LogP contribution >= 0.6 is 34.2 Å². The maximum Gasteiger partial charge on any atom is 0.307 e. The predicted molar refractivity (Wildman–Crippen MR) is 90.4 cm³/mol. The largest absolute Gasteiger partial charge is 0.481 e. The molecule has 0 radical (unpaired) electrons. The third-order valence-corrected chi connectivity index (χ3v) is 5.06. The number of carboxylic acids is 1. The summed E-state index contributed by atoms with van der Waals surface area (Å²) in [4.78, 5) is 23.7. The molecule has 2 N–H and O–H groups in total. The van der Waals surface area contributed by atoms with Gasteiger partial charge in [0.05, 0.1) is 22.5 Å². The van der Waals surface area contributed by atoms with E-state index in [-0.39, 0.29) is 5.91 Å². The number of aliphatic carboxylic acids is 1. The first kappa shape index (κ1) is 16.5. The van der Waals surface area contributed by atoms with Crippen LogP contribution in [0.2, 0.25) is 5.02 Å². The average Bonchev–Trinajstić information content (AvgIpc) is 2.86. The number of amides is 1. The maximum atomic E-state index is 12.4. The Morgan fingerprint density at radius 3 is 2.62 bits per heavy atom. The van der Waals surface area contributed by atoms with Gasteiger partial charge < -0.3 is 10.4 Å². The van der Waals surface area contributed by atoms with Crippen LogP contribution in [0.4, 0.5) is 5.69 Å². The van der Waals surface area contributed by atoms with Gasteiger partial charge in [0.2, 0.25) is 5.91 Å². The van der Waals surface area contributed by atoms with Gasteiger partial charge in [0.25, 0.3) is 0 Å². The Kier molecular flexibility index (Phi) is 5.48. The van der Waals surface area contributed by atoms with Gasteiger partial charge in [0.1, 0.15) is 0 Å². The minimum atomic E-state index is -0.889. The lowest BCUT2D eigenvalue weighted by atomic mass is 9.95. The molecule has 0 aromatic heterocycles. The van der Waals surface area contributed by atoms with Crippen LogP contribution in [-0.2, 0) is 9.59 Å². The van der Waals surface area contributed by atoms with E-state index < -0.39 is 17.8 Å². The molecule has 2 rings (SSSR count). The molecule has 1 aliphatic carbocycles. The number of carbonyl (C=O) groups is 2. The van der Waals surface area contributed by atoms with Crippen molar-refractivity contribution in [1.29, 1.82) is 0 Å². The van der Waals surface area contributed by atoms with Gasteiger partial charge in [-0.15, -0.1) is 0 Å². The number of nitrogens with one attached hydrogen (secondary N) is 1. The molecular weight excluding hydrogens is 405 g/mol. The predicted octanol–water partition coefficient (Wildman–Crippen LogP) is 4.02. The van der Waals surface area contributed by atoms with Crippen LogP contribution in [0.25, 0.3) is 0 Å². The number of benzene rings is 1. The highest BCUT2D eigenvalue weighted by atomic mass is 127. The number of halogens is 2. The zero-order chi connectivity index (χ0) is 15.6. The van der Waals surface area contributed by atoms with Crippen molar-refractivity contribution in [3.05, 3.63) is 26.8 Å². The first-order valence-electron chi connectivity index (χ1n) is 6.91. The van der Waals surface area contributed by atoms with Crippen molar-refractivity contribution in [3.63, 3.8) is 0 Å². The van der Waals surface area contributed by atoms with Gasteiger partial charge in [-0.3, -0.25) is 9.59 Å². The standard InChI is InChI=1S/C15H17ClINO3/c1-2-8-5-10(11(6-8)15(20)21)14(19)18-13-4-3-9(17)7-12(13)16/h3-4,7-8,10-11H,2,5-6H2,1H3,(H,18,19)(H,20,21)/t8?,10-,11+/m0/s1. The molecule has 0 saturated heterocycles. The van der Waals surface area contributed by atoms with E-state index in [0.29, 0.717) is 29.5 Å². The normalized spacial score (nSPS) is 24.8. The number of carbonyl (C=O) groups excluding carboxylic acids is 1. The molecule has 1 aromatic rings. The number of hydrogen-bond donors (Lipinski definition) is 2. The molecule has 0 bridgehead atoms. The summed E-state index contributed by atoms with van der Waals surface area (Å²) in [5.41, 5.74) is 0.533. The second kappa shape index (κ2) is 6.96. The van der Waals surface area contributed by atoms with Gasteiger partial charge in [0, 0.05) is 3.57 Å². The van der Waals surface area contributed by atoms with E-state index in [4.69, 9.17) is 11.6 Å². The Labute approximate surface area is 142 Å². The molecule has 0 heterocycles. The van der Waals surface area contributed by atoms with E-state index in [0.717, 1.165) is 9.99 Å². The Hall–Kier alpha value is -0.820. The molecule has 114 valence electrons. The number of rotatable bonds is 4. The van der Waals surface area contributed by atoms with E-state index in [1.54, 1.807) is 12.1 Å². The fraction of sp³-hybridized carbons (Fsp3) is 0.467. The minimum Gasteiger partial charge on any atom is -0.481 e. The zero-order valence-electron chi connectivity index (χ0n) is 11.6. The van der Waals surface area contributed by atoms with Crippen molar-refractivity contribution in [2.24, 2.45) is 17.8 Å². The smallest absolute Gasteiger partial charge is 0.307 e. The van der Waals surface area contributed by atoms with E-state index in [9.17, 15) is 14.7 Å². The Balaban J connectivity index is 2.13. The lowest BCUT2D eigenvalue weighted by Gasteiger charge is -2.16. The van der Waals surface area contributed by atoms with Crippen molar-refractivity contribution < 1.29 is 14.7 Å². The van der Waals surface area contributed by atoms with Crippen molar-refractivity contribution in [1.82, 2.24) is 0 Å². The summed E-state index contributed by atoms with van der Waals surface area (Å²) in [7, 11) is 0. The Bertz CT molecular complexity index is 564. The first-order chi connectivity index (χ1) is 9.92. The second-order valence-corrected chi connectivity index (χ2v) is 7.06. The van der Waals surface area contributed by atoms with E-state index in [1.165, 1.54) is 0 Å². The summed E-state index contributed by atoms with van der Waals surface area (Å²) in [6.07, 6.45) is 2.10. The van der Waals surface area contributed by atoms with Gasteiger partial charge in [-0.25, -0.2) is 0 Å². The van der Waals surface area contributed by atoms with Crippen molar-refractivity contribution in [3.8, 4) is 0 Å². The molecule has 1 aliphatic rings. The number of carboxylic acid groups (broad SMARTS) is 1. The summed E-state index contributed by atoms with van der Waals surface area (Å²) < 4.78 is 0.978. The third-order valence-electron chi connectivity index (χ3n) is 4.08. The maximum absolute atomic E-state index is 12.4. The molecule has 1 aromatic carbocycles. The summed E-state index contributed by atoms with van der Waals surface area (Å²) in [6, 6.07) is 5.35. The highest BCUT2D eigenvalue weighted by molar-refractivity contribution is 14.1. The van der Waals surface area contributed by atoms with Gasteiger partial charge in [-0.05, 0) is 59.5 Å².